The largest absolute Gasteiger partial charge is 0.192 e. The van der Waals surface area contributed by atoms with E-state index in [2.05, 4.69) is 26.8 Å². The van der Waals surface area contributed by atoms with Crippen molar-refractivity contribution in [1.29, 1.82) is 10.5 Å². The van der Waals surface area contributed by atoms with E-state index < -0.39 is 0 Å². The molecule has 15 heavy (non-hydrogen) atoms. The third kappa shape index (κ3) is 7.52. The monoisotopic (exact) mass is 202 g/mol. The smallest absolute Gasteiger partial charge is 0.125 e. The Hall–Kier alpha value is -1.54. The number of hydrogen-bond donors (Lipinski definition) is 0. The zero-order valence-corrected chi connectivity index (χ0v) is 9.75. The Balaban J connectivity index is 3.92. The van der Waals surface area contributed by atoms with Crippen LogP contribution in [0.2, 0.25) is 0 Å². The van der Waals surface area contributed by atoms with Crippen LogP contribution < -0.4 is 0 Å². The Labute approximate surface area is 92.5 Å². The fourth-order valence-electron chi connectivity index (χ4n) is 1.21. The van der Waals surface area contributed by atoms with Gasteiger partial charge in [0.15, 0.2) is 0 Å². The van der Waals surface area contributed by atoms with Gasteiger partial charge in [0.05, 0.1) is 0 Å². The zero-order valence-electron chi connectivity index (χ0n) is 9.75. The fraction of sp³-hybridized carbons (Fsp3) is 0.538. The van der Waals surface area contributed by atoms with Crippen LogP contribution in [0.1, 0.15) is 40.0 Å². The molecule has 0 rings (SSSR count). The lowest BCUT2D eigenvalue weighted by molar-refractivity contribution is 0.545. The highest BCUT2D eigenvalue weighted by Crippen LogP contribution is 2.13. The summed E-state index contributed by atoms with van der Waals surface area (Å²) in [6, 6.07) is 3.74. The first-order chi connectivity index (χ1) is 7.10. The maximum atomic E-state index is 8.54. The minimum Gasteiger partial charge on any atom is -0.192 e. The highest BCUT2D eigenvalue weighted by atomic mass is 14.3. The molecule has 0 aliphatic heterocycles. The predicted octanol–water partition coefficient (Wildman–Crippen LogP) is 3.73. The Kier molecular flexibility index (Phi) is 7.02. The first-order valence-electron chi connectivity index (χ1n) is 5.23. The number of nitrogens with zero attached hydrogens (tertiary/aromatic N) is 2. The van der Waals surface area contributed by atoms with Gasteiger partial charge in [0.1, 0.15) is 17.7 Å². The van der Waals surface area contributed by atoms with Crippen molar-refractivity contribution >= 4 is 0 Å². The van der Waals surface area contributed by atoms with Crippen molar-refractivity contribution in [3.63, 3.8) is 0 Å². The molecule has 0 aromatic rings. The maximum Gasteiger partial charge on any atom is 0.125 e. The van der Waals surface area contributed by atoms with Gasteiger partial charge in [-0.15, -0.1) is 0 Å². The molecule has 2 heteroatoms. The highest BCUT2D eigenvalue weighted by Gasteiger charge is 2.00. The Morgan fingerprint density at radius 3 is 2.27 bits per heavy atom. The lowest BCUT2D eigenvalue weighted by atomic mass is 10.00. The molecule has 0 N–H and O–H groups in total. The lowest BCUT2D eigenvalue weighted by Crippen LogP contribution is -1.92. The third-order valence-electron chi connectivity index (χ3n) is 2.18. The summed E-state index contributed by atoms with van der Waals surface area (Å²) in [5.74, 6) is 0.525. The quantitative estimate of drug-likeness (QED) is 0.503. The minimum atomic E-state index is 0.226. The van der Waals surface area contributed by atoms with Crippen LogP contribution in [0.3, 0.4) is 0 Å². The Bertz CT molecular complexity index is 303. The molecular formula is C13H18N2. The first kappa shape index (κ1) is 13.5. The van der Waals surface area contributed by atoms with E-state index in [4.69, 9.17) is 10.5 Å². The van der Waals surface area contributed by atoms with E-state index in [1.807, 2.05) is 12.1 Å². The second-order valence-electron chi connectivity index (χ2n) is 4.04. The molecule has 2 nitrogen and oxygen atoms in total. The van der Waals surface area contributed by atoms with Gasteiger partial charge in [0.2, 0.25) is 0 Å². The van der Waals surface area contributed by atoms with Gasteiger partial charge in [0, 0.05) is 0 Å². The van der Waals surface area contributed by atoms with Crippen molar-refractivity contribution in [3.05, 3.63) is 23.3 Å². The van der Waals surface area contributed by atoms with E-state index in [1.54, 1.807) is 6.08 Å². The van der Waals surface area contributed by atoms with Crippen molar-refractivity contribution in [2.75, 3.05) is 0 Å². The van der Waals surface area contributed by atoms with Gasteiger partial charge in [-0.3, -0.25) is 0 Å². The molecule has 0 saturated carbocycles. The number of hydrogen-bond acceptors (Lipinski definition) is 2. The van der Waals surface area contributed by atoms with Crippen LogP contribution in [0, 0.1) is 28.6 Å². The molecule has 0 fully saturated rings. The van der Waals surface area contributed by atoms with Crippen molar-refractivity contribution in [1.82, 2.24) is 0 Å². The molecule has 0 saturated heterocycles. The van der Waals surface area contributed by atoms with E-state index in [0.29, 0.717) is 5.92 Å². The summed E-state index contributed by atoms with van der Waals surface area (Å²) >= 11 is 0. The molecule has 0 radical (unpaired) electrons. The molecular weight excluding hydrogens is 184 g/mol. The molecule has 0 unspecified atom stereocenters. The van der Waals surface area contributed by atoms with Gasteiger partial charge >= 0.3 is 0 Å². The number of rotatable bonds is 5. The summed E-state index contributed by atoms with van der Waals surface area (Å²) in [6.45, 7) is 6.32. The van der Waals surface area contributed by atoms with Crippen LogP contribution >= 0.6 is 0 Å². The predicted molar refractivity (Wildman–Crippen MR) is 61.8 cm³/mol. The average Bonchev–Trinajstić information content (AvgIpc) is 2.18. The zero-order chi connectivity index (χ0) is 11.7. The molecule has 0 aromatic carbocycles. The molecule has 0 aliphatic carbocycles. The van der Waals surface area contributed by atoms with Crippen LogP contribution in [0.25, 0.3) is 0 Å². The van der Waals surface area contributed by atoms with E-state index >= 15 is 0 Å². The van der Waals surface area contributed by atoms with Crippen LogP contribution in [0.15, 0.2) is 23.3 Å². The van der Waals surface area contributed by atoms with Crippen molar-refractivity contribution in [3.8, 4) is 12.1 Å². The van der Waals surface area contributed by atoms with Gasteiger partial charge in [0.25, 0.3) is 0 Å². The van der Waals surface area contributed by atoms with Crippen molar-refractivity contribution in [2.45, 2.75) is 40.0 Å². The summed E-state index contributed by atoms with van der Waals surface area (Å²) in [5, 5.41) is 17.1. The molecule has 0 spiro atoms. The third-order valence-corrected chi connectivity index (χ3v) is 2.18. The summed E-state index contributed by atoms with van der Waals surface area (Å²) < 4.78 is 0. The van der Waals surface area contributed by atoms with Gasteiger partial charge in [-0.05, 0) is 39.0 Å². The summed E-state index contributed by atoms with van der Waals surface area (Å²) in [4.78, 5) is 0. The Morgan fingerprint density at radius 1 is 1.20 bits per heavy atom. The lowest BCUT2D eigenvalue weighted by Gasteiger charge is -2.05. The molecule has 80 valence electrons. The molecule has 0 bridgehead atoms. The van der Waals surface area contributed by atoms with Crippen LogP contribution in [0.5, 0.6) is 0 Å². The van der Waals surface area contributed by atoms with E-state index in [9.17, 15) is 0 Å². The average molecular weight is 202 g/mol. The summed E-state index contributed by atoms with van der Waals surface area (Å²) in [7, 11) is 0. The van der Waals surface area contributed by atoms with Crippen molar-refractivity contribution < 1.29 is 0 Å². The maximum absolute atomic E-state index is 8.54. The van der Waals surface area contributed by atoms with E-state index in [-0.39, 0.29) is 5.57 Å². The standard InChI is InChI=1S/C13H18N2/c1-11(2)5-4-6-12(3)7-8-13(9-14)10-15/h5,8,12H,4,6-7H2,1-3H3/t12-/m1/s1. The van der Waals surface area contributed by atoms with Gasteiger partial charge in [-0.25, -0.2) is 0 Å². The topological polar surface area (TPSA) is 47.6 Å². The van der Waals surface area contributed by atoms with Gasteiger partial charge in [-0.2, -0.15) is 10.5 Å². The fourth-order valence-corrected chi connectivity index (χ4v) is 1.21. The SMILES string of the molecule is CC(C)=CCC[C@@H](C)CC=C(C#N)C#N. The second-order valence-corrected chi connectivity index (χ2v) is 4.04. The van der Waals surface area contributed by atoms with Crippen molar-refractivity contribution in [2.24, 2.45) is 5.92 Å². The highest BCUT2D eigenvalue weighted by molar-refractivity contribution is 5.34. The number of allylic oxidation sites excluding steroid dienone is 4. The van der Waals surface area contributed by atoms with Gasteiger partial charge < -0.3 is 0 Å². The van der Waals surface area contributed by atoms with Crippen LogP contribution in [-0.4, -0.2) is 0 Å². The van der Waals surface area contributed by atoms with E-state index in [1.165, 1.54) is 5.57 Å². The van der Waals surface area contributed by atoms with Gasteiger partial charge in [-0.1, -0.05) is 24.6 Å². The minimum absolute atomic E-state index is 0.226. The second kappa shape index (κ2) is 7.83. The Morgan fingerprint density at radius 2 is 1.80 bits per heavy atom. The summed E-state index contributed by atoms with van der Waals surface area (Å²) in [6.07, 6.45) is 6.94. The molecule has 0 amide bonds. The molecule has 1 atom stereocenters. The first-order valence-corrected chi connectivity index (χ1v) is 5.23. The number of nitriles is 2. The van der Waals surface area contributed by atoms with E-state index in [0.717, 1.165) is 19.3 Å². The molecule has 0 aliphatic rings. The summed E-state index contributed by atoms with van der Waals surface area (Å²) in [5.41, 5.74) is 1.57. The van der Waals surface area contributed by atoms with Crippen LogP contribution in [-0.2, 0) is 0 Å². The van der Waals surface area contributed by atoms with Crippen LogP contribution in [0.4, 0.5) is 0 Å². The molecule has 0 aromatic heterocycles. The molecule has 0 heterocycles. The normalized spacial score (nSPS) is 10.7.